The number of aryl methyl sites for hydroxylation is 1. The zero-order valence-electron chi connectivity index (χ0n) is 18.0. The summed E-state index contributed by atoms with van der Waals surface area (Å²) in [5.74, 6) is 2.79. The van der Waals surface area contributed by atoms with Gasteiger partial charge < -0.3 is 9.80 Å². The van der Waals surface area contributed by atoms with E-state index in [1.807, 2.05) is 36.1 Å². The minimum atomic E-state index is 0.319. The van der Waals surface area contributed by atoms with Crippen LogP contribution in [0.25, 0.3) is 11.4 Å². The third kappa shape index (κ3) is 4.77. The summed E-state index contributed by atoms with van der Waals surface area (Å²) in [5, 5.41) is 0.705. The Kier molecular flexibility index (Phi) is 6.57. The molecule has 5 nitrogen and oxygen atoms in total. The standard InChI is InChI=1S/C24H31ClN4O/c1-17-18(2)26-23(20-8-10-21(25)11-9-20)27-24(17)29-15-13-28(14-16-29)22(30)12-7-19-5-3-4-6-19/h8-11,19H,3-7,12-16H2,1-2H3. The second-order valence-corrected chi connectivity index (χ2v) is 9.08. The van der Waals surface area contributed by atoms with Crippen LogP contribution in [0.5, 0.6) is 0 Å². The van der Waals surface area contributed by atoms with Crippen molar-refractivity contribution >= 4 is 23.3 Å². The van der Waals surface area contributed by atoms with Crippen molar-refractivity contribution in [3.8, 4) is 11.4 Å². The number of piperazine rings is 1. The molecule has 1 amide bonds. The lowest BCUT2D eigenvalue weighted by atomic mass is 10.0. The second kappa shape index (κ2) is 9.34. The Morgan fingerprint density at radius 1 is 1.03 bits per heavy atom. The molecular formula is C24H31ClN4O. The van der Waals surface area contributed by atoms with Crippen LogP contribution in [-0.2, 0) is 4.79 Å². The van der Waals surface area contributed by atoms with Gasteiger partial charge in [-0.25, -0.2) is 9.97 Å². The molecule has 0 spiro atoms. The van der Waals surface area contributed by atoms with Crippen molar-refractivity contribution in [2.75, 3.05) is 31.1 Å². The van der Waals surface area contributed by atoms with Crippen molar-refractivity contribution in [3.05, 3.63) is 40.5 Å². The van der Waals surface area contributed by atoms with E-state index in [4.69, 9.17) is 16.6 Å². The first-order valence-electron chi connectivity index (χ1n) is 11.1. The zero-order valence-corrected chi connectivity index (χ0v) is 18.8. The Hall–Kier alpha value is -2.14. The van der Waals surface area contributed by atoms with Gasteiger partial charge in [0.15, 0.2) is 5.82 Å². The molecule has 6 heteroatoms. The second-order valence-electron chi connectivity index (χ2n) is 8.65. The molecule has 0 N–H and O–H groups in total. The largest absolute Gasteiger partial charge is 0.353 e. The Bertz CT molecular complexity index is 885. The van der Waals surface area contributed by atoms with Gasteiger partial charge in [0, 0.05) is 54.4 Å². The molecule has 1 saturated carbocycles. The van der Waals surface area contributed by atoms with Gasteiger partial charge in [-0.3, -0.25) is 4.79 Å². The van der Waals surface area contributed by atoms with Crippen LogP contribution in [0.2, 0.25) is 5.02 Å². The number of rotatable bonds is 5. The summed E-state index contributed by atoms with van der Waals surface area (Å²) < 4.78 is 0. The summed E-state index contributed by atoms with van der Waals surface area (Å²) in [6, 6.07) is 7.64. The fourth-order valence-corrected chi connectivity index (χ4v) is 4.73. The first kappa shape index (κ1) is 21.1. The van der Waals surface area contributed by atoms with Crippen LogP contribution in [0.4, 0.5) is 5.82 Å². The van der Waals surface area contributed by atoms with Gasteiger partial charge in [0.05, 0.1) is 0 Å². The van der Waals surface area contributed by atoms with E-state index in [-0.39, 0.29) is 0 Å². The highest BCUT2D eigenvalue weighted by molar-refractivity contribution is 6.30. The van der Waals surface area contributed by atoms with Gasteiger partial charge in [-0.05, 0) is 50.5 Å². The van der Waals surface area contributed by atoms with E-state index in [2.05, 4.69) is 16.8 Å². The number of hydrogen-bond acceptors (Lipinski definition) is 4. The van der Waals surface area contributed by atoms with E-state index in [1.165, 1.54) is 25.7 Å². The highest BCUT2D eigenvalue weighted by Gasteiger charge is 2.25. The average molecular weight is 427 g/mol. The lowest BCUT2D eigenvalue weighted by Gasteiger charge is -2.36. The molecule has 0 bridgehead atoms. The van der Waals surface area contributed by atoms with Gasteiger partial charge in [0.1, 0.15) is 5.82 Å². The minimum absolute atomic E-state index is 0.319. The van der Waals surface area contributed by atoms with Crippen LogP contribution in [0, 0.1) is 19.8 Å². The number of anilines is 1. The highest BCUT2D eigenvalue weighted by Crippen LogP contribution is 2.29. The van der Waals surface area contributed by atoms with E-state index in [9.17, 15) is 4.79 Å². The summed E-state index contributed by atoms with van der Waals surface area (Å²) in [6.45, 7) is 7.27. The molecule has 2 aromatic rings. The maximum atomic E-state index is 12.7. The first-order chi connectivity index (χ1) is 14.5. The number of aromatic nitrogens is 2. The average Bonchev–Trinajstić information content (AvgIpc) is 3.28. The summed E-state index contributed by atoms with van der Waals surface area (Å²) in [7, 11) is 0. The zero-order chi connectivity index (χ0) is 21.1. The summed E-state index contributed by atoms with van der Waals surface area (Å²) in [6.07, 6.45) is 7.07. The molecular weight excluding hydrogens is 396 g/mol. The van der Waals surface area contributed by atoms with Crippen LogP contribution in [0.15, 0.2) is 24.3 Å². The van der Waals surface area contributed by atoms with Gasteiger partial charge in [0.2, 0.25) is 5.91 Å². The van der Waals surface area contributed by atoms with Crippen LogP contribution in [-0.4, -0.2) is 47.0 Å². The van der Waals surface area contributed by atoms with Crippen molar-refractivity contribution in [1.82, 2.24) is 14.9 Å². The number of carbonyl (C=O) groups is 1. The predicted molar refractivity (Wildman–Crippen MR) is 122 cm³/mol. The Morgan fingerprint density at radius 2 is 1.70 bits per heavy atom. The topological polar surface area (TPSA) is 49.3 Å². The third-order valence-corrected chi connectivity index (χ3v) is 6.89. The van der Waals surface area contributed by atoms with E-state index in [0.29, 0.717) is 17.4 Å². The number of benzene rings is 1. The quantitative estimate of drug-likeness (QED) is 0.672. The molecule has 0 radical (unpaired) electrons. The molecule has 2 heterocycles. The van der Waals surface area contributed by atoms with Crippen molar-refractivity contribution < 1.29 is 4.79 Å². The van der Waals surface area contributed by atoms with Crippen molar-refractivity contribution in [3.63, 3.8) is 0 Å². The lowest BCUT2D eigenvalue weighted by molar-refractivity contribution is -0.131. The Morgan fingerprint density at radius 3 is 2.37 bits per heavy atom. The highest BCUT2D eigenvalue weighted by atomic mass is 35.5. The van der Waals surface area contributed by atoms with Crippen LogP contribution >= 0.6 is 11.6 Å². The molecule has 4 rings (SSSR count). The third-order valence-electron chi connectivity index (χ3n) is 6.64. The number of carbonyl (C=O) groups excluding carboxylic acids is 1. The summed E-state index contributed by atoms with van der Waals surface area (Å²) >= 11 is 6.03. The van der Waals surface area contributed by atoms with Gasteiger partial charge in [-0.15, -0.1) is 0 Å². The van der Waals surface area contributed by atoms with Crippen molar-refractivity contribution in [2.45, 2.75) is 52.4 Å². The maximum Gasteiger partial charge on any atom is 0.222 e. The van der Waals surface area contributed by atoms with E-state index < -0.39 is 0 Å². The maximum absolute atomic E-state index is 12.7. The normalized spacial score (nSPS) is 17.6. The van der Waals surface area contributed by atoms with Crippen LogP contribution in [0.1, 0.15) is 49.8 Å². The number of nitrogens with zero attached hydrogens (tertiary/aromatic N) is 4. The Balaban J connectivity index is 1.41. The molecule has 0 unspecified atom stereocenters. The van der Waals surface area contributed by atoms with E-state index in [0.717, 1.165) is 67.0 Å². The lowest BCUT2D eigenvalue weighted by Crippen LogP contribution is -2.49. The van der Waals surface area contributed by atoms with Gasteiger partial charge in [0.25, 0.3) is 0 Å². The fourth-order valence-electron chi connectivity index (χ4n) is 4.60. The molecule has 1 aliphatic carbocycles. The number of halogens is 1. The monoisotopic (exact) mass is 426 g/mol. The molecule has 1 saturated heterocycles. The van der Waals surface area contributed by atoms with Gasteiger partial charge >= 0.3 is 0 Å². The van der Waals surface area contributed by atoms with Crippen LogP contribution < -0.4 is 4.90 Å². The molecule has 2 aliphatic rings. The summed E-state index contributed by atoms with van der Waals surface area (Å²) in [5.41, 5.74) is 3.05. The number of amides is 1. The Labute approximate surface area is 184 Å². The van der Waals surface area contributed by atoms with E-state index in [1.54, 1.807) is 0 Å². The molecule has 1 aromatic carbocycles. The summed E-state index contributed by atoms with van der Waals surface area (Å²) in [4.78, 5) is 26.6. The molecule has 2 fully saturated rings. The molecule has 1 aromatic heterocycles. The van der Waals surface area contributed by atoms with Crippen LogP contribution in [0.3, 0.4) is 0 Å². The fraction of sp³-hybridized carbons (Fsp3) is 0.542. The minimum Gasteiger partial charge on any atom is -0.353 e. The number of hydrogen-bond donors (Lipinski definition) is 0. The predicted octanol–water partition coefficient (Wildman–Crippen LogP) is 5.03. The van der Waals surface area contributed by atoms with Crippen molar-refractivity contribution in [1.29, 1.82) is 0 Å². The van der Waals surface area contributed by atoms with Gasteiger partial charge in [-0.1, -0.05) is 37.3 Å². The van der Waals surface area contributed by atoms with Gasteiger partial charge in [-0.2, -0.15) is 0 Å². The first-order valence-corrected chi connectivity index (χ1v) is 11.5. The molecule has 160 valence electrons. The van der Waals surface area contributed by atoms with Crippen molar-refractivity contribution in [2.24, 2.45) is 5.92 Å². The smallest absolute Gasteiger partial charge is 0.222 e. The van der Waals surface area contributed by atoms with E-state index >= 15 is 0 Å². The SMILES string of the molecule is Cc1nc(-c2ccc(Cl)cc2)nc(N2CCN(C(=O)CCC3CCCC3)CC2)c1C. The molecule has 30 heavy (non-hydrogen) atoms. The molecule has 1 aliphatic heterocycles. The molecule has 0 atom stereocenters.